The first-order chi connectivity index (χ1) is 17.0. The van der Waals surface area contributed by atoms with E-state index < -0.39 is 0 Å². The molecule has 0 unspecified atom stereocenters. The molecule has 3 aromatic rings. The van der Waals surface area contributed by atoms with Gasteiger partial charge < -0.3 is 14.7 Å². The third kappa shape index (κ3) is 5.75. The molecule has 0 radical (unpaired) electrons. The fraction of sp³-hybridized carbons (Fsp3) is 0.385. The highest BCUT2D eigenvalue weighted by molar-refractivity contribution is 5.97. The van der Waals surface area contributed by atoms with Crippen molar-refractivity contribution in [2.45, 2.75) is 26.3 Å². The molecule has 3 heterocycles. The first-order valence-corrected chi connectivity index (χ1v) is 12.1. The van der Waals surface area contributed by atoms with Crippen molar-refractivity contribution in [2.24, 2.45) is 0 Å². The summed E-state index contributed by atoms with van der Waals surface area (Å²) >= 11 is 0. The Hall–Kier alpha value is -3.56. The van der Waals surface area contributed by atoms with Crippen LogP contribution < -0.4 is 10.2 Å². The second-order valence-electron chi connectivity index (χ2n) is 9.18. The lowest BCUT2D eigenvalue weighted by Gasteiger charge is -2.33. The van der Waals surface area contributed by atoms with E-state index in [9.17, 15) is 9.59 Å². The number of benzene rings is 2. The molecule has 2 aromatic carbocycles. The quantitative estimate of drug-likeness (QED) is 0.563. The number of amides is 2. The molecule has 2 fully saturated rings. The Bertz CT molecular complexity index is 1180. The van der Waals surface area contributed by atoms with Crippen LogP contribution in [-0.2, 0) is 16.1 Å². The third-order valence-corrected chi connectivity index (χ3v) is 6.48. The standard InChI is InChI=1S/C26H30N6O3/c1-19-7-9-20(10-8-19)26-28-24(35-29-26)18-31-14-12-30(13-15-31)17-23(33)27-21-4-2-5-22(16-21)32-11-3-6-25(32)34/h2,4-5,7-10,16H,3,6,11-15,17-18H2,1H3,(H,27,33). The number of hydrogen-bond donors (Lipinski definition) is 1. The van der Waals surface area contributed by atoms with Gasteiger partial charge in [0.25, 0.3) is 0 Å². The molecule has 1 aromatic heterocycles. The van der Waals surface area contributed by atoms with Crippen molar-refractivity contribution in [1.82, 2.24) is 19.9 Å². The largest absolute Gasteiger partial charge is 0.338 e. The number of hydrogen-bond acceptors (Lipinski definition) is 7. The second-order valence-corrected chi connectivity index (χ2v) is 9.18. The molecule has 2 aliphatic rings. The molecule has 0 atom stereocenters. The van der Waals surface area contributed by atoms with E-state index in [1.54, 1.807) is 4.90 Å². The highest BCUT2D eigenvalue weighted by atomic mass is 16.5. The predicted molar refractivity (Wildman–Crippen MR) is 133 cm³/mol. The lowest BCUT2D eigenvalue weighted by molar-refractivity contribution is -0.118. The molecule has 35 heavy (non-hydrogen) atoms. The fourth-order valence-corrected chi connectivity index (χ4v) is 4.51. The summed E-state index contributed by atoms with van der Waals surface area (Å²) in [5, 5.41) is 7.09. The van der Waals surface area contributed by atoms with Crippen molar-refractivity contribution in [1.29, 1.82) is 0 Å². The van der Waals surface area contributed by atoms with E-state index in [1.165, 1.54) is 5.56 Å². The Morgan fingerprint density at radius 3 is 2.54 bits per heavy atom. The zero-order valence-electron chi connectivity index (χ0n) is 19.9. The SMILES string of the molecule is Cc1ccc(-c2noc(CN3CCN(CC(=O)Nc4cccc(N5CCCC5=O)c4)CC3)n2)cc1. The normalized spacial score (nSPS) is 17.2. The molecule has 9 heteroatoms. The Balaban J connectivity index is 1.08. The van der Waals surface area contributed by atoms with Gasteiger partial charge in [-0.15, -0.1) is 0 Å². The fourth-order valence-electron chi connectivity index (χ4n) is 4.51. The lowest BCUT2D eigenvalue weighted by atomic mass is 10.1. The summed E-state index contributed by atoms with van der Waals surface area (Å²) in [6.45, 7) is 6.93. The number of nitrogens with one attached hydrogen (secondary N) is 1. The van der Waals surface area contributed by atoms with Crippen molar-refractivity contribution in [3.05, 3.63) is 60.0 Å². The van der Waals surface area contributed by atoms with Crippen molar-refractivity contribution in [3.63, 3.8) is 0 Å². The number of nitrogens with zero attached hydrogens (tertiary/aromatic N) is 5. The number of aryl methyl sites for hydroxylation is 1. The Kier molecular flexibility index (Phi) is 6.87. The summed E-state index contributed by atoms with van der Waals surface area (Å²) < 4.78 is 5.46. The van der Waals surface area contributed by atoms with E-state index in [4.69, 9.17) is 4.52 Å². The maximum atomic E-state index is 12.6. The number of carbonyl (C=O) groups excluding carboxylic acids is 2. The van der Waals surface area contributed by atoms with Gasteiger partial charge >= 0.3 is 0 Å². The molecular formula is C26H30N6O3. The van der Waals surface area contributed by atoms with Gasteiger partial charge in [0.2, 0.25) is 23.5 Å². The van der Waals surface area contributed by atoms with Crippen LogP contribution in [0.15, 0.2) is 53.1 Å². The molecular weight excluding hydrogens is 444 g/mol. The van der Waals surface area contributed by atoms with Crippen molar-refractivity contribution in [3.8, 4) is 11.4 Å². The van der Waals surface area contributed by atoms with E-state index in [0.29, 0.717) is 36.9 Å². The summed E-state index contributed by atoms with van der Waals surface area (Å²) in [6, 6.07) is 15.6. The monoisotopic (exact) mass is 474 g/mol. The first-order valence-electron chi connectivity index (χ1n) is 12.1. The molecule has 2 aliphatic heterocycles. The molecule has 9 nitrogen and oxygen atoms in total. The maximum Gasteiger partial charge on any atom is 0.241 e. The first kappa shape index (κ1) is 23.2. The molecule has 182 valence electrons. The minimum atomic E-state index is -0.0528. The molecule has 0 aliphatic carbocycles. The lowest BCUT2D eigenvalue weighted by Crippen LogP contribution is -2.48. The summed E-state index contributed by atoms with van der Waals surface area (Å²) in [6.07, 6.45) is 1.46. The van der Waals surface area contributed by atoms with Crippen LogP contribution in [0.2, 0.25) is 0 Å². The van der Waals surface area contributed by atoms with Crippen molar-refractivity contribution in [2.75, 3.05) is 49.5 Å². The van der Waals surface area contributed by atoms with Gasteiger partial charge in [0.15, 0.2) is 0 Å². The van der Waals surface area contributed by atoms with E-state index in [-0.39, 0.29) is 11.8 Å². The number of aromatic nitrogens is 2. The van der Waals surface area contributed by atoms with Gasteiger partial charge in [0, 0.05) is 56.1 Å². The molecule has 2 amide bonds. The van der Waals surface area contributed by atoms with Crippen LogP contribution in [0.4, 0.5) is 11.4 Å². The van der Waals surface area contributed by atoms with E-state index in [1.807, 2.05) is 55.5 Å². The summed E-state index contributed by atoms with van der Waals surface area (Å²) in [5.41, 5.74) is 3.69. The predicted octanol–water partition coefficient (Wildman–Crippen LogP) is 2.93. The van der Waals surface area contributed by atoms with Gasteiger partial charge in [0.1, 0.15) is 0 Å². The highest BCUT2D eigenvalue weighted by Crippen LogP contribution is 2.24. The topological polar surface area (TPSA) is 94.8 Å². The van der Waals surface area contributed by atoms with Crippen molar-refractivity contribution < 1.29 is 14.1 Å². The minimum absolute atomic E-state index is 0.0528. The van der Waals surface area contributed by atoms with Crippen molar-refractivity contribution >= 4 is 23.2 Å². The Morgan fingerprint density at radius 1 is 1.03 bits per heavy atom. The van der Waals surface area contributed by atoms with E-state index in [2.05, 4.69) is 25.3 Å². The van der Waals surface area contributed by atoms with E-state index >= 15 is 0 Å². The van der Waals surface area contributed by atoms with Crippen LogP contribution in [0.3, 0.4) is 0 Å². The van der Waals surface area contributed by atoms with Crippen LogP contribution in [0.25, 0.3) is 11.4 Å². The number of carbonyl (C=O) groups is 2. The van der Waals surface area contributed by atoms with Crippen LogP contribution >= 0.6 is 0 Å². The summed E-state index contributed by atoms with van der Waals surface area (Å²) in [4.78, 5) is 35.4. The minimum Gasteiger partial charge on any atom is -0.338 e. The van der Waals surface area contributed by atoms with Crippen LogP contribution in [-0.4, -0.2) is 71.0 Å². The molecule has 2 saturated heterocycles. The Labute approximate surface area is 204 Å². The van der Waals surface area contributed by atoms with Gasteiger partial charge in [0.05, 0.1) is 13.1 Å². The van der Waals surface area contributed by atoms with Crippen LogP contribution in [0.5, 0.6) is 0 Å². The summed E-state index contributed by atoms with van der Waals surface area (Å²) in [5.74, 6) is 1.29. The molecule has 5 rings (SSSR count). The molecule has 0 spiro atoms. The Morgan fingerprint density at radius 2 is 1.80 bits per heavy atom. The van der Waals surface area contributed by atoms with Gasteiger partial charge in [-0.2, -0.15) is 4.98 Å². The van der Waals surface area contributed by atoms with Crippen LogP contribution in [0, 0.1) is 6.92 Å². The smallest absolute Gasteiger partial charge is 0.241 e. The number of anilines is 2. The summed E-state index contributed by atoms with van der Waals surface area (Å²) in [7, 11) is 0. The highest BCUT2D eigenvalue weighted by Gasteiger charge is 2.23. The molecule has 1 N–H and O–H groups in total. The zero-order chi connectivity index (χ0) is 24.2. The van der Waals surface area contributed by atoms with E-state index in [0.717, 1.165) is 50.4 Å². The van der Waals surface area contributed by atoms with Gasteiger partial charge in [-0.3, -0.25) is 19.4 Å². The maximum absolute atomic E-state index is 12.6. The van der Waals surface area contributed by atoms with Crippen LogP contribution in [0.1, 0.15) is 24.3 Å². The number of rotatable bonds is 7. The third-order valence-electron chi connectivity index (χ3n) is 6.48. The van der Waals surface area contributed by atoms with Gasteiger partial charge in [-0.05, 0) is 31.5 Å². The molecule has 0 saturated carbocycles. The molecule has 0 bridgehead atoms. The average Bonchev–Trinajstić information content (AvgIpc) is 3.50. The van der Waals surface area contributed by atoms with Gasteiger partial charge in [-0.1, -0.05) is 41.1 Å². The zero-order valence-corrected chi connectivity index (χ0v) is 19.9. The second kappa shape index (κ2) is 10.4. The van der Waals surface area contributed by atoms with Gasteiger partial charge in [-0.25, -0.2) is 0 Å². The number of piperazine rings is 1. The average molecular weight is 475 g/mol.